The molecule has 6 heteroatoms. The predicted octanol–water partition coefficient (Wildman–Crippen LogP) is 1.52. The Morgan fingerprint density at radius 2 is 1.71 bits per heavy atom. The van der Waals surface area contributed by atoms with Crippen LogP contribution in [0.2, 0.25) is 0 Å². The minimum absolute atomic E-state index is 0.0144. The number of hydrogen-bond donors (Lipinski definition) is 0. The van der Waals surface area contributed by atoms with Gasteiger partial charge < -0.3 is 14.5 Å². The molecular weight excluding hydrogens is 308 g/mol. The maximum absolute atomic E-state index is 12.6. The van der Waals surface area contributed by atoms with E-state index in [-0.39, 0.29) is 24.0 Å². The standard InChI is InChI=1S/C18H24N2O4/c1-13(21)15-5-6-17(24-3)16(11-15)12-18(23)20-8-4-7-19(9-10-20)14(2)22/h5-6,11H,4,7-10,12H2,1-3H3. The van der Waals surface area contributed by atoms with E-state index in [0.717, 1.165) is 6.42 Å². The van der Waals surface area contributed by atoms with Crippen LogP contribution in [0.1, 0.15) is 36.2 Å². The fourth-order valence-electron chi connectivity index (χ4n) is 2.89. The Hall–Kier alpha value is -2.37. The first-order valence-electron chi connectivity index (χ1n) is 8.13. The Morgan fingerprint density at radius 1 is 1.04 bits per heavy atom. The van der Waals surface area contributed by atoms with Crippen molar-refractivity contribution in [1.82, 2.24) is 9.80 Å². The van der Waals surface area contributed by atoms with Gasteiger partial charge in [-0.3, -0.25) is 14.4 Å². The van der Waals surface area contributed by atoms with Gasteiger partial charge in [0.1, 0.15) is 5.75 Å². The molecule has 6 nitrogen and oxygen atoms in total. The third kappa shape index (κ3) is 4.34. The molecule has 0 radical (unpaired) electrons. The molecule has 24 heavy (non-hydrogen) atoms. The van der Waals surface area contributed by atoms with E-state index in [0.29, 0.717) is 43.1 Å². The predicted molar refractivity (Wildman–Crippen MR) is 90.2 cm³/mol. The average molecular weight is 332 g/mol. The normalized spacial score (nSPS) is 15.0. The van der Waals surface area contributed by atoms with Crippen molar-refractivity contribution < 1.29 is 19.1 Å². The minimum atomic E-state index is -0.0433. The number of nitrogens with zero attached hydrogens (tertiary/aromatic N) is 2. The van der Waals surface area contributed by atoms with Gasteiger partial charge in [-0.05, 0) is 31.5 Å². The molecule has 1 heterocycles. The summed E-state index contributed by atoms with van der Waals surface area (Å²) in [6, 6.07) is 5.14. The van der Waals surface area contributed by atoms with Crippen LogP contribution >= 0.6 is 0 Å². The molecule has 2 rings (SSSR count). The van der Waals surface area contributed by atoms with Crippen molar-refractivity contribution in [2.45, 2.75) is 26.7 Å². The maximum atomic E-state index is 12.6. The number of Topliss-reactive ketones (excluding diaryl/α,β-unsaturated/α-hetero) is 1. The molecule has 0 saturated carbocycles. The molecule has 0 aromatic heterocycles. The van der Waals surface area contributed by atoms with Gasteiger partial charge in [0, 0.05) is 44.2 Å². The van der Waals surface area contributed by atoms with E-state index >= 15 is 0 Å². The number of rotatable bonds is 4. The summed E-state index contributed by atoms with van der Waals surface area (Å²) >= 11 is 0. The Balaban J connectivity index is 2.10. The number of benzene rings is 1. The summed E-state index contributed by atoms with van der Waals surface area (Å²) in [5.41, 5.74) is 1.28. The van der Waals surface area contributed by atoms with Crippen LogP contribution < -0.4 is 4.74 Å². The molecule has 1 aliphatic heterocycles. The van der Waals surface area contributed by atoms with E-state index < -0.39 is 0 Å². The Kier molecular flexibility index (Phi) is 5.95. The van der Waals surface area contributed by atoms with Crippen LogP contribution in [0.4, 0.5) is 0 Å². The minimum Gasteiger partial charge on any atom is -0.496 e. The number of carbonyl (C=O) groups is 3. The van der Waals surface area contributed by atoms with E-state index in [2.05, 4.69) is 0 Å². The van der Waals surface area contributed by atoms with Crippen molar-refractivity contribution in [1.29, 1.82) is 0 Å². The zero-order valence-corrected chi connectivity index (χ0v) is 14.5. The second-order valence-electron chi connectivity index (χ2n) is 6.00. The first kappa shape index (κ1) is 18.0. The summed E-state index contributed by atoms with van der Waals surface area (Å²) in [4.78, 5) is 39.2. The van der Waals surface area contributed by atoms with E-state index in [4.69, 9.17) is 4.74 Å². The van der Waals surface area contributed by atoms with Gasteiger partial charge in [-0.15, -0.1) is 0 Å². The Labute approximate surface area is 142 Å². The van der Waals surface area contributed by atoms with Gasteiger partial charge in [-0.1, -0.05) is 0 Å². The second kappa shape index (κ2) is 7.95. The smallest absolute Gasteiger partial charge is 0.227 e. The number of methoxy groups -OCH3 is 1. The third-order valence-corrected chi connectivity index (χ3v) is 4.32. The molecule has 1 saturated heterocycles. The molecule has 1 aliphatic rings. The lowest BCUT2D eigenvalue weighted by Gasteiger charge is -2.22. The van der Waals surface area contributed by atoms with Crippen molar-refractivity contribution >= 4 is 17.6 Å². The molecule has 0 aliphatic carbocycles. The van der Waals surface area contributed by atoms with E-state index in [1.807, 2.05) is 0 Å². The number of hydrogen-bond acceptors (Lipinski definition) is 4. The van der Waals surface area contributed by atoms with Crippen LogP contribution in [0.5, 0.6) is 5.75 Å². The van der Waals surface area contributed by atoms with Crippen molar-refractivity contribution in [2.24, 2.45) is 0 Å². The largest absolute Gasteiger partial charge is 0.496 e. The zero-order chi connectivity index (χ0) is 17.7. The molecule has 2 amide bonds. The van der Waals surface area contributed by atoms with Crippen LogP contribution in [0.15, 0.2) is 18.2 Å². The van der Waals surface area contributed by atoms with Crippen LogP contribution in [0.3, 0.4) is 0 Å². The third-order valence-electron chi connectivity index (χ3n) is 4.32. The van der Waals surface area contributed by atoms with Gasteiger partial charge in [0.25, 0.3) is 0 Å². The molecule has 1 aromatic rings. The Morgan fingerprint density at radius 3 is 2.33 bits per heavy atom. The highest BCUT2D eigenvalue weighted by Crippen LogP contribution is 2.22. The van der Waals surface area contributed by atoms with Crippen molar-refractivity contribution in [2.75, 3.05) is 33.3 Å². The molecule has 0 bridgehead atoms. The van der Waals surface area contributed by atoms with Gasteiger partial charge in [-0.25, -0.2) is 0 Å². The Bertz CT molecular complexity index is 642. The van der Waals surface area contributed by atoms with Gasteiger partial charge in [0.05, 0.1) is 13.5 Å². The van der Waals surface area contributed by atoms with Gasteiger partial charge in [0.15, 0.2) is 5.78 Å². The lowest BCUT2D eigenvalue weighted by Crippen LogP contribution is -2.37. The summed E-state index contributed by atoms with van der Waals surface area (Å²) in [7, 11) is 1.55. The number of carbonyl (C=O) groups excluding carboxylic acids is 3. The molecule has 0 N–H and O–H groups in total. The molecule has 0 spiro atoms. The fraction of sp³-hybridized carbons (Fsp3) is 0.500. The highest BCUT2D eigenvalue weighted by Gasteiger charge is 2.21. The van der Waals surface area contributed by atoms with Crippen molar-refractivity contribution in [3.05, 3.63) is 29.3 Å². The highest BCUT2D eigenvalue weighted by atomic mass is 16.5. The summed E-state index contributed by atoms with van der Waals surface area (Å²) < 4.78 is 5.31. The summed E-state index contributed by atoms with van der Waals surface area (Å²) in [5.74, 6) is 0.589. The van der Waals surface area contributed by atoms with Crippen LogP contribution in [0.25, 0.3) is 0 Å². The molecular formula is C18H24N2O4. The first-order chi connectivity index (χ1) is 11.4. The number of amides is 2. The monoisotopic (exact) mass is 332 g/mol. The number of ketones is 1. The van der Waals surface area contributed by atoms with E-state index in [1.54, 1.807) is 42.0 Å². The van der Waals surface area contributed by atoms with Crippen molar-refractivity contribution in [3.8, 4) is 5.75 Å². The molecule has 1 aromatic carbocycles. The molecule has 0 unspecified atom stereocenters. The number of ether oxygens (including phenoxy) is 1. The average Bonchev–Trinajstić information content (AvgIpc) is 2.80. The van der Waals surface area contributed by atoms with Crippen LogP contribution in [-0.2, 0) is 16.0 Å². The molecule has 0 atom stereocenters. The first-order valence-corrected chi connectivity index (χ1v) is 8.13. The molecule has 130 valence electrons. The summed E-state index contributed by atoms with van der Waals surface area (Å²) in [5, 5.41) is 0. The summed E-state index contributed by atoms with van der Waals surface area (Å²) in [6.07, 6.45) is 0.959. The van der Waals surface area contributed by atoms with Crippen LogP contribution in [-0.4, -0.2) is 60.7 Å². The van der Waals surface area contributed by atoms with E-state index in [1.165, 1.54) is 6.92 Å². The fourth-order valence-corrected chi connectivity index (χ4v) is 2.89. The van der Waals surface area contributed by atoms with E-state index in [9.17, 15) is 14.4 Å². The highest BCUT2D eigenvalue weighted by molar-refractivity contribution is 5.94. The van der Waals surface area contributed by atoms with Gasteiger partial charge in [-0.2, -0.15) is 0 Å². The van der Waals surface area contributed by atoms with Gasteiger partial charge in [0.2, 0.25) is 11.8 Å². The quantitative estimate of drug-likeness (QED) is 0.784. The lowest BCUT2D eigenvalue weighted by molar-refractivity contribution is -0.132. The topological polar surface area (TPSA) is 66.9 Å². The molecule has 1 fully saturated rings. The van der Waals surface area contributed by atoms with Gasteiger partial charge >= 0.3 is 0 Å². The zero-order valence-electron chi connectivity index (χ0n) is 14.5. The SMILES string of the molecule is COc1ccc(C(C)=O)cc1CC(=O)N1CCCN(C(C)=O)CC1. The second-order valence-corrected chi connectivity index (χ2v) is 6.00. The lowest BCUT2D eigenvalue weighted by atomic mass is 10.0. The van der Waals surface area contributed by atoms with Crippen LogP contribution in [0, 0.1) is 0 Å². The summed E-state index contributed by atoms with van der Waals surface area (Å²) in [6.45, 7) is 5.46. The maximum Gasteiger partial charge on any atom is 0.227 e. The van der Waals surface area contributed by atoms with Crippen molar-refractivity contribution in [3.63, 3.8) is 0 Å².